The highest BCUT2D eigenvalue weighted by atomic mass is 35.5. The van der Waals surface area contributed by atoms with E-state index in [0.29, 0.717) is 11.3 Å². The van der Waals surface area contributed by atoms with Crippen LogP contribution in [0.15, 0.2) is 18.3 Å². The van der Waals surface area contributed by atoms with Gasteiger partial charge in [0.1, 0.15) is 0 Å². The number of nitrogens with zero attached hydrogens (tertiary/aromatic N) is 1. The highest BCUT2D eigenvalue weighted by molar-refractivity contribution is 6.17. The summed E-state index contributed by atoms with van der Waals surface area (Å²) in [4.78, 5) is 15.0. The summed E-state index contributed by atoms with van der Waals surface area (Å²) in [5.41, 5.74) is 0.973. The van der Waals surface area contributed by atoms with E-state index in [2.05, 4.69) is 9.72 Å². The molecule has 1 heterocycles. The van der Waals surface area contributed by atoms with Crippen LogP contribution in [-0.2, 0) is 10.6 Å². The van der Waals surface area contributed by atoms with Gasteiger partial charge in [0.15, 0.2) is 0 Å². The van der Waals surface area contributed by atoms with Crippen molar-refractivity contribution >= 4 is 17.6 Å². The van der Waals surface area contributed by atoms with E-state index in [9.17, 15) is 4.79 Å². The molecule has 0 aromatic carbocycles. The molecule has 0 fully saturated rings. The molecule has 0 atom stereocenters. The van der Waals surface area contributed by atoms with Gasteiger partial charge in [-0.3, -0.25) is 4.98 Å². The number of pyridine rings is 1. The Kier molecular flexibility index (Phi) is 3.05. The van der Waals surface area contributed by atoms with Crippen LogP contribution >= 0.6 is 11.6 Å². The summed E-state index contributed by atoms with van der Waals surface area (Å²) >= 11 is 5.56. The molecule has 0 amide bonds. The molecule has 4 heteroatoms. The van der Waals surface area contributed by atoms with Gasteiger partial charge in [0.25, 0.3) is 0 Å². The van der Waals surface area contributed by atoms with Gasteiger partial charge >= 0.3 is 5.97 Å². The van der Waals surface area contributed by atoms with Crippen molar-refractivity contribution in [2.24, 2.45) is 0 Å². The molecule has 0 aliphatic rings. The second-order valence-corrected chi connectivity index (χ2v) is 2.39. The van der Waals surface area contributed by atoms with Crippen molar-refractivity contribution in [1.29, 1.82) is 0 Å². The summed E-state index contributed by atoms with van der Waals surface area (Å²) in [6, 6.07) is 3.30. The largest absolute Gasteiger partial charge is 0.465 e. The average Bonchev–Trinajstić information content (AvgIpc) is 2.16. The van der Waals surface area contributed by atoms with E-state index in [1.165, 1.54) is 7.11 Å². The number of rotatable bonds is 2. The van der Waals surface area contributed by atoms with Crippen LogP contribution < -0.4 is 0 Å². The van der Waals surface area contributed by atoms with Gasteiger partial charge in [0.05, 0.1) is 24.2 Å². The highest BCUT2D eigenvalue weighted by Crippen LogP contribution is 2.08. The minimum atomic E-state index is -0.404. The summed E-state index contributed by atoms with van der Waals surface area (Å²) in [5.74, 6) is -0.190. The Morgan fingerprint density at radius 1 is 1.75 bits per heavy atom. The van der Waals surface area contributed by atoms with E-state index < -0.39 is 5.97 Å². The van der Waals surface area contributed by atoms with Crippen LogP contribution in [-0.4, -0.2) is 18.1 Å². The van der Waals surface area contributed by atoms with Crippen molar-refractivity contribution in [3.05, 3.63) is 29.6 Å². The second kappa shape index (κ2) is 4.07. The van der Waals surface area contributed by atoms with E-state index >= 15 is 0 Å². The maximum absolute atomic E-state index is 11.1. The van der Waals surface area contributed by atoms with Gasteiger partial charge in [-0.05, 0) is 12.1 Å². The minimum absolute atomic E-state index is 0.214. The third-order valence-corrected chi connectivity index (χ3v) is 1.68. The summed E-state index contributed by atoms with van der Waals surface area (Å²) < 4.78 is 4.54. The van der Waals surface area contributed by atoms with Crippen molar-refractivity contribution in [3.8, 4) is 0 Å². The Hall–Kier alpha value is -1.09. The molecule has 0 saturated heterocycles. The number of alkyl halides is 1. The Bertz CT molecular complexity index is 288. The number of methoxy groups -OCH3 is 1. The smallest absolute Gasteiger partial charge is 0.339 e. The SMILES string of the molecule is COC(=O)c1cccnc1CCl. The lowest BCUT2D eigenvalue weighted by Gasteiger charge is -2.02. The first-order valence-electron chi connectivity index (χ1n) is 3.37. The van der Waals surface area contributed by atoms with Crippen LogP contribution in [0.4, 0.5) is 0 Å². The van der Waals surface area contributed by atoms with Gasteiger partial charge in [0, 0.05) is 6.20 Å². The van der Waals surface area contributed by atoms with E-state index in [1.807, 2.05) is 0 Å². The topological polar surface area (TPSA) is 39.2 Å². The fraction of sp³-hybridized carbons (Fsp3) is 0.250. The van der Waals surface area contributed by atoms with E-state index in [-0.39, 0.29) is 5.88 Å². The Morgan fingerprint density at radius 3 is 3.08 bits per heavy atom. The highest BCUT2D eigenvalue weighted by Gasteiger charge is 2.10. The molecule has 1 aromatic rings. The van der Waals surface area contributed by atoms with E-state index in [0.717, 1.165) is 0 Å². The van der Waals surface area contributed by atoms with Gasteiger partial charge in [0.2, 0.25) is 0 Å². The zero-order valence-electron chi connectivity index (χ0n) is 6.58. The number of halogens is 1. The maximum atomic E-state index is 11.1. The molecule has 0 unspecified atom stereocenters. The molecule has 1 aromatic heterocycles. The lowest BCUT2D eigenvalue weighted by Crippen LogP contribution is -2.05. The van der Waals surface area contributed by atoms with Gasteiger partial charge in [-0.15, -0.1) is 11.6 Å². The molecule has 0 saturated carbocycles. The standard InChI is InChI=1S/C8H8ClNO2/c1-12-8(11)6-3-2-4-10-7(6)5-9/h2-4H,5H2,1H3. The number of ether oxygens (including phenoxy) is 1. The lowest BCUT2D eigenvalue weighted by molar-refractivity contribution is 0.0599. The van der Waals surface area contributed by atoms with Crippen molar-refractivity contribution in [2.45, 2.75) is 5.88 Å². The van der Waals surface area contributed by atoms with Crippen LogP contribution in [0, 0.1) is 0 Å². The van der Waals surface area contributed by atoms with Crippen LogP contribution in [0.1, 0.15) is 16.1 Å². The van der Waals surface area contributed by atoms with Crippen LogP contribution in [0.3, 0.4) is 0 Å². The molecule has 0 N–H and O–H groups in total. The quantitative estimate of drug-likeness (QED) is 0.519. The maximum Gasteiger partial charge on any atom is 0.339 e. The first-order chi connectivity index (χ1) is 5.79. The number of aromatic nitrogens is 1. The molecule has 12 heavy (non-hydrogen) atoms. The lowest BCUT2D eigenvalue weighted by atomic mass is 10.2. The average molecular weight is 186 g/mol. The zero-order chi connectivity index (χ0) is 8.97. The molecule has 0 aliphatic heterocycles. The fourth-order valence-corrected chi connectivity index (χ4v) is 1.05. The van der Waals surface area contributed by atoms with Crippen LogP contribution in [0.25, 0.3) is 0 Å². The Morgan fingerprint density at radius 2 is 2.50 bits per heavy atom. The first-order valence-corrected chi connectivity index (χ1v) is 3.91. The molecule has 0 spiro atoms. The summed E-state index contributed by atoms with van der Waals surface area (Å²) in [5, 5.41) is 0. The number of hydrogen-bond donors (Lipinski definition) is 0. The van der Waals surface area contributed by atoms with Gasteiger partial charge in [-0.25, -0.2) is 4.79 Å². The predicted octanol–water partition coefficient (Wildman–Crippen LogP) is 1.61. The van der Waals surface area contributed by atoms with Gasteiger partial charge in [-0.1, -0.05) is 0 Å². The molecule has 64 valence electrons. The number of esters is 1. The molecule has 0 radical (unpaired) electrons. The van der Waals surface area contributed by atoms with Crippen molar-refractivity contribution in [2.75, 3.05) is 7.11 Å². The van der Waals surface area contributed by atoms with Crippen molar-refractivity contribution < 1.29 is 9.53 Å². The first kappa shape index (κ1) is 9.00. The number of carbonyl (C=O) groups is 1. The molecule has 1 rings (SSSR count). The van der Waals surface area contributed by atoms with Crippen molar-refractivity contribution in [3.63, 3.8) is 0 Å². The third-order valence-electron chi connectivity index (χ3n) is 1.42. The second-order valence-electron chi connectivity index (χ2n) is 2.12. The van der Waals surface area contributed by atoms with Crippen molar-refractivity contribution in [1.82, 2.24) is 4.98 Å². The molecular formula is C8H8ClNO2. The van der Waals surface area contributed by atoms with Gasteiger partial charge in [-0.2, -0.15) is 0 Å². The van der Waals surface area contributed by atoms with Crippen LogP contribution in [0.5, 0.6) is 0 Å². The number of hydrogen-bond acceptors (Lipinski definition) is 3. The molecule has 0 bridgehead atoms. The molecular weight excluding hydrogens is 178 g/mol. The molecule has 3 nitrogen and oxygen atoms in total. The zero-order valence-corrected chi connectivity index (χ0v) is 7.34. The van der Waals surface area contributed by atoms with E-state index in [1.54, 1.807) is 18.3 Å². The third kappa shape index (κ3) is 1.74. The summed E-state index contributed by atoms with van der Waals surface area (Å²) in [6.07, 6.45) is 1.59. The molecule has 0 aliphatic carbocycles. The Balaban J connectivity index is 3.04. The normalized spacial score (nSPS) is 9.50. The summed E-state index contributed by atoms with van der Waals surface area (Å²) in [7, 11) is 1.33. The minimum Gasteiger partial charge on any atom is -0.465 e. The monoisotopic (exact) mass is 185 g/mol. The van der Waals surface area contributed by atoms with E-state index in [4.69, 9.17) is 11.6 Å². The van der Waals surface area contributed by atoms with Crippen LogP contribution in [0.2, 0.25) is 0 Å². The Labute approximate surface area is 75.3 Å². The predicted molar refractivity (Wildman–Crippen MR) is 45.1 cm³/mol. The number of carbonyl (C=O) groups excluding carboxylic acids is 1. The summed E-state index contributed by atoms with van der Waals surface area (Å²) in [6.45, 7) is 0. The fourth-order valence-electron chi connectivity index (χ4n) is 0.840. The van der Waals surface area contributed by atoms with Gasteiger partial charge < -0.3 is 4.74 Å².